The van der Waals surface area contributed by atoms with Crippen LogP contribution in [0, 0.1) is 0 Å². The molecule has 0 radical (unpaired) electrons. The van der Waals surface area contributed by atoms with Crippen LogP contribution in [0.2, 0.25) is 0 Å². The molecule has 0 rings (SSSR count). The third kappa shape index (κ3) is 18.2. The molecule has 0 spiro atoms. The van der Waals surface area contributed by atoms with Crippen LogP contribution in [0.1, 0.15) is 0 Å². The molecule has 0 aromatic rings. The summed E-state index contributed by atoms with van der Waals surface area (Å²) in [7, 11) is 0. The Balaban J connectivity index is 0. The molecule has 0 nitrogen and oxygen atoms in total. The van der Waals surface area contributed by atoms with Crippen molar-refractivity contribution in [1.82, 2.24) is 0 Å². The van der Waals surface area contributed by atoms with Gasteiger partial charge in [-0.3, -0.25) is 0 Å². The maximum absolute atomic E-state index is 0. The van der Waals surface area contributed by atoms with Crippen molar-refractivity contribution >= 4 is 95.9 Å². The first-order chi connectivity index (χ1) is 0. The summed E-state index contributed by atoms with van der Waals surface area (Å²) in [5.74, 6) is 0. The van der Waals surface area contributed by atoms with E-state index in [1.807, 2.05) is 0 Å². The van der Waals surface area contributed by atoms with Crippen LogP contribution in [0.5, 0.6) is 0 Å². The van der Waals surface area contributed by atoms with E-state index < -0.39 is 0 Å². The molecule has 0 aliphatic carbocycles. The average molecular weight is 603 g/mol. The zero-order chi connectivity index (χ0) is 0. The Morgan fingerprint density at radius 2 is 0.400 bits per heavy atom. The molecule has 5 heavy (non-hydrogen) atoms. The molecule has 0 aliphatic rings. The van der Waals surface area contributed by atoms with Gasteiger partial charge in [0.25, 0.3) is 0 Å². The van der Waals surface area contributed by atoms with Gasteiger partial charge in [0, 0.05) is 26.2 Å². The third-order valence-corrected chi connectivity index (χ3v) is 0. The Bertz CT molecular complexity index is 3.61. The monoisotopic (exact) mass is 602 g/mol. The molecule has 36 valence electrons. The van der Waals surface area contributed by atoms with Gasteiger partial charge in [0.2, 0.25) is 0 Å². The van der Waals surface area contributed by atoms with Crippen LogP contribution in [0.15, 0.2) is 0 Å². The molecule has 0 unspecified atom stereocenters. The van der Waals surface area contributed by atoms with Gasteiger partial charge in [-0.25, -0.2) is 0 Å². The summed E-state index contributed by atoms with van der Waals surface area (Å²) in [6, 6.07) is 0. The van der Waals surface area contributed by atoms with Crippen molar-refractivity contribution in [3.63, 3.8) is 0 Å². The van der Waals surface area contributed by atoms with Crippen LogP contribution in [0.4, 0.5) is 0 Å². The van der Waals surface area contributed by atoms with Gasteiger partial charge >= 0.3 is 0 Å². The van der Waals surface area contributed by atoms with E-state index in [9.17, 15) is 0 Å². The van der Waals surface area contributed by atoms with Crippen molar-refractivity contribution in [2.24, 2.45) is 0 Å². The van der Waals surface area contributed by atoms with Crippen LogP contribution >= 0.6 is 95.9 Å². The summed E-state index contributed by atoms with van der Waals surface area (Å²) in [6.07, 6.45) is 0. The fourth-order valence-electron chi connectivity index (χ4n) is 0. The standard InChI is InChI=1S/4HI.Zr/h4*1H;. The van der Waals surface area contributed by atoms with Gasteiger partial charge in [0.1, 0.15) is 0 Å². The summed E-state index contributed by atoms with van der Waals surface area (Å²) >= 11 is 0. The van der Waals surface area contributed by atoms with E-state index >= 15 is 0 Å². The quantitative estimate of drug-likeness (QED) is 0.374. The maximum Gasteiger partial charge on any atom is 0 e. The SMILES string of the molecule is I.I.I.I.[Zr]. The second-order valence-corrected chi connectivity index (χ2v) is 0. The van der Waals surface area contributed by atoms with E-state index in [4.69, 9.17) is 0 Å². The first-order valence-corrected chi connectivity index (χ1v) is 0. The van der Waals surface area contributed by atoms with Crippen LogP contribution in [-0.2, 0) is 26.2 Å². The number of rotatable bonds is 0. The smallest absolute Gasteiger partial charge is 0 e. The maximum atomic E-state index is 0. The topological polar surface area (TPSA) is 0 Å². The van der Waals surface area contributed by atoms with Gasteiger partial charge in [-0.1, -0.05) is 0 Å². The van der Waals surface area contributed by atoms with Crippen LogP contribution < -0.4 is 0 Å². The zero-order valence-electron chi connectivity index (χ0n) is 2.13. The number of halogens is 4. The van der Waals surface area contributed by atoms with Crippen molar-refractivity contribution in [2.75, 3.05) is 0 Å². The average Bonchev–Trinajstić information content (AvgIpc) is 0. The molecule has 5 heteroatoms. The molecule has 0 fully saturated rings. The van der Waals surface area contributed by atoms with Gasteiger partial charge in [-0.2, -0.15) is 0 Å². The molecule has 0 amide bonds. The normalized spacial score (nSPS) is 0. The van der Waals surface area contributed by atoms with E-state index in [0.29, 0.717) is 0 Å². The second kappa shape index (κ2) is 25.0. The molecule has 0 aliphatic heterocycles. The van der Waals surface area contributed by atoms with E-state index in [2.05, 4.69) is 0 Å². The fourth-order valence-corrected chi connectivity index (χ4v) is 0. The third-order valence-electron chi connectivity index (χ3n) is 0. The predicted octanol–water partition coefficient (Wildman–Crippen LogP) is 2.47. The van der Waals surface area contributed by atoms with Gasteiger partial charge in [0.15, 0.2) is 0 Å². The Hall–Kier alpha value is 3.80. The summed E-state index contributed by atoms with van der Waals surface area (Å²) in [4.78, 5) is 0. The van der Waals surface area contributed by atoms with E-state index in [-0.39, 0.29) is 122 Å². The number of hydrogen-bond donors (Lipinski definition) is 0. The van der Waals surface area contributed by atoms with Gasteiger partial charge < -0.3 is 0 Å². The van der Waals surface area contributed by atoms with Gasteiger partial charge in [-0.05, 0) is 0 Å². The largest absolute Gasteiger partial charge is 0.107 e. The summed E-state index contributed by atoms with van der Waals surface area (Å²) in [5.41, 5.74) is 0. The molecule has 0 saturated heterocycles. The van der Waals surface area contributed by atoms with Crippen molar-refractivity contribution in [2.45, 2.75) is 0 Å². The van der Waals surface area contributed by atoms with E-state index in [1.165, 1.54) is 0 Å². The fraction of sp³-hybridized carbons (Fsp3) is 0. The Morgan fingerprint density at radius 1 is 0.400 bits per heavy atom. The Morgan fingerprint density at radius 3 is 0.400 bits per heavy atom. The molecule has 0 aromatic heterocycles. The van der Waals surface area contributed by atoms with Crippen molar-refractivity contribution < 1.29 is 26.2 Å². The van der Waals surface area contributed by atoms with Crippen molar-refractivity contribution in [3.05, 3.63) is 0 Å². The molecule has 0 bridgehead atoms. The summed E-state index contributed by atoms with van der Waals surface area (Å²) < 4.78 is 0. The molecule has 0 saturated carbocycles. The minimum Gasteiger partial charge on any atom is -0.107 e. The zero-order valence-corrected chi connectivity index (χ0v) is 13.9. The molecule has 0 N–H and O–H groups in total. The van der Waals surface area contributed by atoms with Gasteiger partial charge in [0.05, 0.1) is 0 Å². The minimum absolute atomic E-state index is 0. The predicted molar refractivity (Wildman–Crippen MR) is 61.7 cm³/mol. The van der Waals surface area contributed by atoms with Gasteiger partial charge in [-0.15, -0.1) is 95.9 Å². The van der Waals surface area contributed by atoms with Crippen molar-refractivity contribution in [1.29, 1.82) is 0 Å². The number of hydrogen-bond acceptors (Lipinski definition) is 0. The van der Waals surface area contributed by atoms with Crippen molar-refractivity contribution in [3.8, 4) is 0 Å². The summed E-state index contributed by atoms with van der Waals surface area (Å²) in [5, 5.41) is 0. The Kier molecular flexibility index (Phi) is 185. The molecular weight excluding hydrogens is 599 g/mol. The molecule has 0 heterocycles. The Labute approximate surface area is 119 Å². The molecule has 0 atom stereocenters. The second-order valence-electron chi connectivity index (χ2n) is 0. The van der Waals surface area contributed by atoms with E-state index in [0.717, 1.165) is 0 Å². The minimum atomic E-state index is 0. The van der Waals surface area contributed by atoms with Crippen LogP contribution in [0.3, 0.4) is 0 Å². The molecule has 0 aromatic carbocycles. The van der Waals surface area contributed by atoms with Crippen LogP contribution in [-0.4, -0.2) is 0 Å². The first kappa shape index (κ1) is 37.1. The summed E-state index contributed by atoms with van der Waals surface area (Å²) in [6.45, 7) is 0. The van der Waals surface area contributed by atoms with E-state index in [1.54, 1.807) is 0 Å². The molecular formula is H4I4Zr. The van der Waals surface area contributed by atoms with Crippen LogP contribution in [0.25, 0.3) is 0 Å². The first-order valence-electron chi connectivity index (χ1n) is 0.